The third kappa shape index (κ3) is 4.28. The fourth-order valence-corrected chi connectivity index (χ4v) is 2.70. The van der Waals surface area contributed by atoms with Crippen molar-refractivity contribution in [2.45, 2.75) is 52.2 Å². The van der Waals surface area contributed by atoms with Crippen LogP contribution in [0.15, 0.2) is 0 Å². The lowest BCUT2D eigenvalue weighted by atomic mass is 10.1. The van der Waals surface area contributed by atoms with Crippen molar-refractivity contribution in [1.29, 1.82) is 0 Å². The van der Waals surface area contributed by atoms with Crippen LogP contribution in [0.4, 0.5) is 0 Å². The van der Waals surface area contributed by atoms with Gasteiger partial charge in [0, 0.05) is 6.54 Å². The number of carbonyl (C=O) groups is 2. The molecular formula is C15H24N4O4. The Kier molecular flexibility index (Phi) is 6.09. The van der Waals surface area contributed by atoms with Gasteiger partial charge in [-0.1, -0.05) is 0 Å². The second kappa shape index (κ2) is 8.05. The normalized spacial score (nSPS) is 17.7. The first-order valence-electron chi connectivity index (χ1n) is 8.03. The molecule has 1 N–H and O–H groups in total. The zero-order chi connectivity index (χ0) is 16.8. The van der Waals surface area contributed by atoms with Crippen LogP contribution >= 0.6 is 0 Å². The highest BCUT2D eigenvalue weighted by Gasteiger charge is 2.35. The van der Waals surface area contributed by atoms with Crippen LogP contribution in [0.5, 0.6) is 0 Å². The van der Waals surface area contributed by atoms with E-state index in [9.17, 15) is 9.59 Å². The smallest absolute Gasteiger partial charge is 0.360 e. The predicted molar refractivity (Wildman–Crippen MR) is 81.7 cm³/mol. The summed E-state index contributed by atoms with van der Waals surface area (Å²) in [4.78, 5) is 26.1. The molecule has 0 radical (unpaired) electrons. The summed E-state index contributed by atoms with van der Waals surface area (Å²) in [5, 5.41) is 10.4. The summed E-state index contributed by atoms with van der Waals surface area (Å²) in [7, 11) is 0. The molecule has 0 spiro atoms. The number of hydrogen-bond acceptors (Lipinski definition) is 6. The highest BCUT2D eigenvalue weighted by Crippen LogP contribution is 2.32. The maximum absolute atomic E-state index is 12.4. The Balaban J connectivity index is 2.06. The van der Waals surface area contributed by atoms with Gasteiger partial charge in [-0.3, -0.25) is 4.79 Å². The summed E-state index contributed by atoms with van der Waals surface area (Å²) in [5.41, 5.74) is 0.647. The Hall–Kier alpha value is -1.96. The fraction of sp³-hybridized carbons (Fsp3) is 0.733. The maximum atomic E-state index is 12.4. The van der Waals surface area contributed by atoms with Crippen LogP contribution < -0.4 is 0 Å². The zero-order valence-electron chi connectivity index (χ0n) is 13.9. The van der Waals surface area contributed by atoms with Crippen molar-refractivity contribution in [1.82, 2.24) is 20.3 Å². The molecule has 1 aromatic heterocycles. The van der Waals surface area contributed by atoms with Crippen LogP contribution in [0.1, 0.15) is 62.3 Å². The highest BCUT2D eigenvalue weighted by molar-refractivity contribution is 5.88. The van der Waals surface area contributed by atoms with E-state index in [1.165, 1.54) is 0 Å². The van der Waals surface area contributed by atoms with Crippen molar-refractivity contribution in [2.24, 2.45) is 0 Å². The van der Waals surface area contributed by atoms with Crippen LogP contribution in [0.25, 0.3) is 0 Å². The Morgan fingerprint density at radius 1 is 1.39 bits per heavy atom. The molecule has 1 unspecified atom stereocenters. The van der Waals surface area contributed by atoms with Crippen molar-refractivity contribution < 1.29 is 19.1 Å². The molecule has 1 saturated heterocycles. The number of ether oxygens (including phenoxy) is 2. The number of nitrogens with zero attached hydrogens (tertiary/aromatic N) is 3. The van der Waals surface area contributed by atoms with Gasteiger partial charge in [-0.15, -0.1) is 5.10 Å². The Morgan fingerprint density at radius 2 is 2.17 bits per heavy atom. The average Bonchev–Trinajstić information content (AvgIpc) is 3.15. The molecule has 23 heavy (non-hydrogen) atoms. The van der Waals surface area contributed by atoms with E-state index in [1.807, 2.05) is 13.8 Å². The molecule has 2 rings (SSSR count). The molecule has 128 valence electrons. The summed E-state index contributed by atoms with van der Waals surface area (Å²) in [5.74, 6) is -0.510. The number of likely N-dealkylation sites (tertiary alicyclic amines) is 1. The van der Waals surface area contributed by atoms with Crippen LogP contribution in [0.2, 0.25) is 0 Å². The molecule has 1 aromatic rings. The van der Waals surface area contributed by atoms with Crippen LogP contribution in [0.3, 0.4) is 0 Å². The molecule has 0 saturated carbocycles. The van der Waals surface area contributed by atoms with Crippen molar-refractivity contribution in [2.75, 3.05) is 19.8 Å². The van der Waals surface area contributed by atoms with Gasteiger partial charge in [0.1, 0.15) is 5.69 Å². The van der Waals surface area contributed by atoms with Gasteiger partial charge in [-0.2, -0.15) is 10.3 Å². The third-order valence-corrected chi connectivity index (χ3v) is 3.70. The summed E-state index contributed by atoms with van der Waals surface area (Å²) in [6.45, 7) is 6.92. The van der Waals surface area contributed by atoms with Crippen LogP contribution in [-0.2, 0) is 14.3 Å². The molecule has 8 heteroatoms. The number of rotatable bonds is 7. The first kappa shape index (κ1) is 17.4. The molecule has 1 fully saturated rings. The van der Waals surface area contributed by atoms with E-state index < -0.39 is 5.97 Å². The molecular weight excluding hydrogens is 300 g/mol. The van der Waals surface area contributed by atoms with Gasteiger partial charge in [-0.05, 0) is 33.6 Å². The minimum Gasteiger partial charge on any atom is -0.461 e. The van der Waals surface area contributed by atoms with E-state index >= 15 is 0 Å². The van der Waals surface area contributed by atoms with Crippen LogP contribution in [0, 0.1) is 0 Å². The summed E-state index contributed by atoms with van der Waals surface area (Å²) in [6.07, 6.45) is 2.05. The minimum absolute atomic E-state index is 0.00552. The molecule has 1 amide bonds. The van der Waals surface area contributed by atoms with Crippen molar-refractivity contribution in [3.8, 4) is 0 Å². The number of nitrogens with one attached hydrogen (secondary N) is 1. The molecule has 1 atom stereocenters. The van der Waals surface area contributed by atoms with Gasteiger partial charge >= 0.3 is 5.97 Å². The number of H-pyrrole nitrogens is 1. The second-order valence-corrected chi connectivity index (χ2v) is 5.69. The summed E-state index contributed by atoms with van der Waals surface area (Å²) < 4.78 is 10.4. The second-order valence-electron chi connectivity index (χ2n) is 5.69. The predicted octanol–water partition coefficient (Wildman–Crippen LogP) is 1.46. The van der Waals surface area contributed by atoms with E-state index in [0.717, 1.165) is 12.8 Å². The first-order chi connectivity index (χ1) is 11.0. The molecule has 1 aliphatic heterocycles. The Labute approximate surface area is 135 Å². The van der Waals surface area contributed by atoms with Gasteiger partial charge < -0.3 is 14.4 Å². The van der Waals surface area contributed by atoms with Crippen molar-refractivity contribution >= 4 is 11.9 Å². The number of esters is 1. The zero-order valence-corrected chi connectivity index (χ0v) is 13.9. The Morgan fingerprint density at radius 3 is 2.87 bits per heavy atom. The van der Waals surface area contributed by atoms with Gasteiger partial charge in [0.25, 0.3) is 0 Å². The van der Waals surface area contributed by atoms with E-state index in [1.54, 1.807) is 11.8 Å². The monoisotopic (exact) mass is 324 g/mol. The standard InChI is InChI=1S/C15H24N4O4/c1-4-22-15(21)14-13(16-18-17-14)11-6-5-8-19(11)12(20)7-9-23-10(2)3/h10-11H,4-9H2,1-3H3,(H,16,17,18). The summed E-state index contributed by atoms with van der Waals surface area (Å²) >= 11 is 0. The third-order valence-electron chi connectivity index (χ3n) is 3.70. The largest absolute Gasteiger partial charge is 0.461 e. The van der Waals surface area contributed by atoms with E-state index in [2.05, 4.69) is 15.4 Å². The SMILES string of the molecule is CCOC(=O)c1n[nH]nc1C1CCCN1C(=O)CCOC(C)C. The average molecular weight is 324 g/mol. The molecule has 2 heterocycles. The van der Waals surface area contributed by atoms with Gasteiger partial charge in [-0.25, -0.2) is 4.79 Å². The number of hydrogen-bond donors (Lipinski definition) is 1. The number of carbonyl (C=O) groups excluding carboxylic acids is 2. The number of aromatic amines is 1. The van der Waals surface area contributed by atoms with Gasteiger partial charge in [0.05, 0.1) is 31.8 Å². The van der Waals surface area contributed by atoms with Crippen molar-refractivity contribution in [3.63, 3.8) is 0 Å². The lowest BCUT2D eigenvalue weighted by Gasteiger charge is -2.23. The molecule has 8 nitrogen and oxygen atoms in total. The first-order valence-corrected chi connectivity index (χ1v) is 8.03. The van der Waals surface area contributed by atoms with E-state index in [4.69, 9.17) is 9.47 Å². The summed E-state index contributed by atoms with van der Waals surface area (Å²) in [6, 6.07) is -0.236. The van der Waals surface area contributed by atoms with E-state index in [0.29, 0.717) is 25.3 Å². The molecule has 0 aliphatic carbocycles. The van der Waals surface area contributed by atoms with Crippen molar-refractivity contribution in [3.05, 3.63) is 11.4 Å². The Bertz CT molecular complexity index is 543. The quantitative estimate of drug-likeness (QED) is 0.763. The maximum Gasteiger partial charge on any atom is 0.360 e. The lowest BCUT2D eigenvalue weighted by molar-refractivity contribution is -0.133. The van der Waals surface area contributed by atoms with Gasteiger partial charge in [0.2, 0.25) is 5.91 Å². The van der Waals surface area contributed by atoms with E-state index in [-0.39, 0.29) is 30.4 Å². The fourth-order valence-electron chi connectivity index (χ4n) is 2.70. The highest BCUT2D eigenvalue weighted by atomic mass is 16.5. The molecule has 1 aliphatic rings. The lowest BCUT2D eigenvalue weighted by Crippen LogP contribution is -2.32. The molecule has 0 aromatic carbocycles. The number of amides is 1. The number of aromatic nitrogens is 3. The molecule has 0 bridgehead atoms. The van der Waals surface area contributed by atoms with Gasteiger partial charge in [0.15, 0.2) is 5.69 Å². The van der Waals surface area contributed by atoms with Crippen LogP contribution in [-0.4, -0.2) is 58.0 Å². The minimum atomic E-state index is -0.515. The topological polar surface area (TPSA) is 97.4 Å².